The summed E-state index contributed by atoms with van der Waals surface area (Å²) in [5.41, 5.74) is 1.37. The Hall–Kier alpha value is -1.77. The summed E-state index contributed by atoms with van der Waals surface area (Å²) in [5.74, 6) is -1.16. The van der Waals surface area contributed by atoms with Gasteiger partial charge in [0, 0.05) is 5.69 Å². The van der Waals surface area contributed by atoms with E-state index in [2.05, 4.69) is 5.32 Å². The fourth-order valence-electron chi connectivity index (χ4n) is 1.48. The zero-order valence-corrected chi connectivity index (χ0v) is 10.7. The Balaban J connectivity index is 3.09. The van der Waals surface area contributed by atoms with Crippen LogP contribution in [0.25, 0.3) is 0 Å². The first kappa shape index (κ1) is 14.3. The van der Waals surface area contributed by atoms with Crippen molar-refractivity contribution in [3.05, 3.63) is 28.3 Å². The lowest BCUT2D eigenvalue weighted by molar-refractivity contribution is -0.140. The molecule has 2 atom stereocenters. The fourth-order valence-corrected chi connectivity index (χ4v) is 1.69. The normalized spacial score (nSPS) is 13.5. The van der Waals surface area contributed by atoms with Crippen LogP contribution in [-0.2, 0) is 4.79 Å². The standard InChI is InChI=1S/C12H13ClN2O3/c1-6-9(4-3-8(5-14)10(6)13)15-11(7(2)16)12(17)18/h3-4,7,11,15-16H,1-2H3,(H,17,18). The molecular weight excluding hydrogens is 256 g/mol. The molecule has 0 bridgehead atoms. The number of aliphatic hydroxyl groups is 1. The number of rotatable bonds is 4. The lowest BCUT2D eigenvalue weighted by Gasteiger charge is -2.20. The van der Waals surface area contributed by atoms with Crippen molar-refractivity contribution in [1.82, 2.24) is 0 Å². The van der Waals surface area contributed by atoms with E-state index in [-0.39, 0.29) is 5.02 Å². The maximum Gasteiger partial charge on any atom is 0.328 e. The Morgan fingerprint density at radius 1 is 1.56 bits per heavy atom. The van der Waals surface area contributed by atoms with Crippen LogP contribution in [0.1, 0.15) is 18.1 Å². The number of nitriles is 1. The maximum atomic E-state index is 11.0. The number of halogens is 1. The Morgan fingerprint density at radius 3 is 2.61 bits per heavy atom. The number of carboxylic acid groups (broad SMARTS) is 1. The van der Waals surface area contributed by atoms with Gasteiger partial charge >= 0.3 is 5.97 Å². The summed E-state index contributed by atoms with van der Waals surface area (Å²) < 4.78 is 0. The number of aliphatic carboxylic acids is 1. The topological polar surface area (TPSA) is 93.3 Å². The predicted molar refractivity (Wildman–Crippen MR) is 67.6 cm³/mol. The van der Waals surface area contributed by atoms with Crippen LogP contribution in [0, 0.1) is 18.3 Å². The van der Waals surface area contributed by atoms with Crippen LogP contribution in [0.15, 0.2) is 12.1 Å². The van der Waals surface area contributed by atoms with Gasteiger partial charge in [0.1, 0.15) is 6.07 Å². The van der Waals surface area contributed by atoms with E-state index in [1.54, 1.807) is 13.0 Å². The number of benzene rings is 1. The summed E-state index contributed by atoms with van der Waals surface area (Å²) in [6, 6.07) is 3.87. The first-order valence-corrected chi connectivity index (χ1v) is 5.63. The largest absolute Gasteiger partial charge is 0.480 e. The van der Waals surface area contributed by atoms with Crippen molar-refractivity contribution in [2.75, 3.05) is 5.32 Å². The van der Waals surface area contributed by atoms with E-state index < -0.39 is 18.1 Å². The van der Waals surface area contributed by atoms with E-state index >= 15 is 0 Å². The third-order valence-corrected chi connectivity index (χ3v) is 3.05. The van der Waals surface area contributed by atoms with E-state index in [1.165, 1.54) is 13.0 Å². The second-order valence-electron chi connectivity index (χ2n) is 3.91. The summed E-state index contributed by atoms with van der Waals surface area (Å²) in [7, 11) is 0. The van der Waals surface area contributed by atoms with Crippen LogP contribution in [0.5, 0.6) is 0 Å². The van der Waals surface area contributed by atoms with Gasteiger partial charge in [-0.3, -0.25) is 0 Å². The Morgan fingerprint density at radius 2 is 2.17 bits per heavy atom. The predicted octanol–water partition coefficient (Wildman–Crippen LogP) is 1.77. The molecule has 2 unspecified atom stereocenters. The van der Waals surface area contributed by atoms with E-state index in [4.69, 9.17) is 22.0 Å². The molecule has 1 aromatic carbocycles. The monoisotopic (exact) mass is 268 g/mol. The van der Waals surface area contributed by atoms with Gasteiger partial charge in [0.25, 0.3) is 0 Å². The Labute approximate surface area is 110 Å². The molecule has 0 radical (unpaired) electrons. The first-order valence-electron chi connectivity index (χ1n) is 5.25. The molecule has 1 rings (SSSR count). The summed E-state index contributed by atoms with van der Waals surface area (Å²) in [4.78, 5) is 11.0. The van der Waals surface area contributed by atoms with Crippen LogP contribution in [-0.4, -0.2) is 28.3 Å². The van der Waals surface area contributed by atoms with Gasteiger partial charge in [-0.15, -0.1) is 0 Å². The van der Waals surface area contributed by atoms with Gasteiger partial charge < -0.3 is 15.5 Å². The lowest BCUT2D eigenvalue weighted by atomic mass is 10.1. The average molecular weight is 269 g/mol. The van der Waals surface area contributed by atoms with Gasteiger partial charge in [0.15, 0.2) is 6.04 Å². The molecule has 1 aromatic rings. The summed E-state index contributed by atoms with van der Waals surface area (Å²) in [6.45, 7) is 3.05. The van der Waals surface area contributed by atoms with Gasteiger partial charge in [-0.1, -0.05) is 11.6 Å². The van der Waals surface area contributed by atoms with E-state index in [9.17, 15) is 9.90 Å². The Kier molecular flexibility index (Phi) is 4.54. The molecule has 0 amide bonds. The second-order valence-corrected chi connectivity index (χ2v) is 4.29. The minimum atomic E-state index is -1.16. The van der Waals surface area contributed by atoms with Crippen molar-refractivity contribution in [1.29, 1.82) is 5.26 Å². The van der Waals surface area contributed by atoms with Gasteiger partial charge in [-0.05, 0) is 31.5 Å². The number of carboxylic acids is 1. The van der Waals surface area contributed by atoms with Gasteiger partial charge in [0.05, 0.1) is 16.7 Å². The molecule has 0 saturated heterocycles. The minimum absolute atomic E-state index is 0.275. The quantitative estimate of drug-likeness (QED) is 0.774. The molecule has 0 aromatic heterocycles. The number of nitrogens with zero attached hydrogens (tertiary/aromatic N) is 1. The molecule has 0 fully saturated rings. The van der Waals surface area contributed by atoms with Crippen LogP contribution < -0.4 is 5.32 Å². The molecule has 0 aliphatic rings. The molecule has 5 nitrogen and oxygen atoms in total. The van der Waals surface area contributed by atoms with Crippen LogP contribution in [0.2, 0.25) is 5.02 Å². The average Bonchev–Trinajstić information content (AvgIpc) is 2.30. The fraction of sp³-hybridized carbons (Fsp3) is 0.333. The van der Waals surface area contributed by atoms with Crippen molar-refractivity contribution < 1.29 is 15.0 Å². The van der Waals surface area contributed by atoms with Crippen LogP contribution >= 0.6 is 11.6 Å². The second kappa shape index (κ2) is 5.71. The number of nitrogens with one attached hydrogen (secondary N) is 1. The van der Waals surface area contributed by atoms with E-state index in [1.807, 2.05) is 6.07 Å². The smallest absolute Gasteiger partial charge is 0.328 e. The molecule has 96 valence electrons. The SMILES string of the molecule is Cc1c(NC(C(=O)O)C(C)O)ccc(C#N)c1Cl. The van der Waals surface area contributed by atoms with Crippen molar-refractivity contribution in [2.24, 2.45) is 0 Å². The van der Waals surface area contributed by atoms with Crippen molar-refractivity contribution >= 4 is 23.3 Å². The van der Waals surface area contributed by atoms with Gasteiger partial charge in [-0.25, -0.2) is 4.79 Å². The lowest BCUT2D eigenvalue weighted by Crippen LogP contribution is -2.39. The highest BCUT2D eigenvalue weighted by Gasteiger charge is 2.23. The van der Waals surface area contributed by atoms with Crippen molar-refractivity contribution in [3.63, 3.8) is 0 Å². The van der Waals surface area contributed by atoms with Crippen LogP contribution in [0.4, 0.5) is 5.69 Å². The minimum Gasteiger partial charge on any atom is -0.480 e. The maximum absolute atomic E-state index is 11.0. The number of carbonyl (C=O) groups is 1. The van der Waals surface area contributed by atoms with Gasteiger partial charge in [0.2, 0.25) is 0 Å². The van der Waals surface area contributed by atoms with Gasteiger partial charge in [-0.2, -0.15) is 5.26 Å². The summed E-state index contributed by atoms with van der Waals surface area (Å²) in [5, 5.41) is 30.1. The zero-order chi connectivity index (χ0) is 13.9. The van der Waals surface area contributed by atoms with E-state index in [0.717, 1.165) is 0 Å². The highest BCUT2D eigenvalue weighted by molar-refractivity contribution is 6.32. The summed E-state index contributed by atoms with van der Waals surface area (Å²) >= 11 is 5.97. The highest BCUT2D eigenvalue weighted by atomic mass is 35.5. The van der Waals surface area contributed by atoms with Crippen LogP contribution in [0.3, 0.4) is 0 Å². The first-order chi connectivity index (χ1) is 8.38. The molecule has 0 spiro atoms. The van der Waals surface area contributed by atoms with Crippen molar-refractivity contribution in [3.8, 4) is 6.07 Å². The highest BCUT2D eigenvalue weighted by Crippen LogP contribution is 2.27. The third kappa shape index (κ3) is 2.92. The van der Waals surface area contributed by atoms with Crippen molar-refractivity contribution in [2.45, 2.75) is 26.0 Å². The number of anilines is 1. The summed E-state index contributed by atoms with van der Waals surface area (Å²) in [6.07, 6.45) is -1.06. The molecule has 0 aliphatic heterocycles. The number of aliphatic hydroxyl groups excluding tert-OH is 1. The molecule has 0 aliphatic carbocycles. The molecule has 18 heavy (non-hydrogen) atoms. The number of hydrogen-bond acceptors (Lipinski definition) is 4. The number of hydrogen-bond donors (Lipinski definition) is 3. The molecular formula is C12H13ClN2O3. The van der Waals surface area contributed by atoms with E-state index in [0.29, 0.717) is 16.8 Å². The molecule has 3 N–H and O–H groups in total. The molecule has 0 saturated carbocycles. The molecule has 0 heterocycles. The molecule has 6 heteroatoms. The zero-order valence-electron chi connectivity index (χ0n) is 9.94. The Bertz CT molecular complexity index is 509. The third-order valence-electron chi connectivity index (χ3n) is 2.57.